The second-order valence-electron chi connectivity index (χ2n) is 4.81. The zero-order valence-electron chi connectivity index (χ0n) is 10.6. The van der Waals surface area contributed by atoms with Crippen molar-refractivity contribution in [2.45, 2.75) is 24.7 Å². The second-order valence-corrected chi connectivity index (χ2v) is 6.81. The number of ether oxygens (including phenoxy) is 1. The summed E-state index contributed by atoms with van der Waals surface area (Å²) in [4.78, 5) is 0.369. The van der Waals surface area contributed by atoms with E-state index >= 15 is 0 Å². The van der Waals surface area contributed by atoms with Crippen molar-refractivity contribution in [3.8, 4) is 0 Å². The van der Waals surface area contributed by atoms with Crippen molar-refractivity contribution in [3.05, 3.63) is 23.8 Å². The van der Waals surface area contributed by atoms with Gasteiger partial charge in [0.05, 0.1) is 10.6 Å². The Morgan fingerprint density at radius 3 is 2.67 bits per heavy atom. The van der Waals surface area contributed by atoms with Gasteiger partial charge in [0.2, 0.25) is 0 Å². The number of nitrogen functional groups attached to an aromatic ring is 1. The molecule has 5 heteroatoms. The van der Waals surface area contributed by atoms with Crippen molar-refractivity contribution < 1.29 is 13.2 Å². The van der Waals surface area contributed by atoms with Gasteiger partial charge < -0.3 is 10.5 Å². The molecule has 0 atom stereocenters. The fraction of sp³-hybridized carbons (Fsp3) is 0.538. The first-order valence-corrected chi connectivity index (χ1v) is 7.81. The third-order valence-electron chi connectivity index (χ3n) is 3.46. The van der Waals surface area contributed by atoms with Gasteiger partial charge in [0, 0.05) is 18.9 Å². The fourth-order valence-electron chi connectivity index (χ4n) is 2.28. The Morgan fingerprint density at radius 1 is 1.33 bits per heavy atom. The van der Waals surface area contributed by atoms with Crippen LogP contribution in [0.3, 0.4) is 0 Å². The number of sulfone groups is 1. The molecule has 1 heterocycles. The molecule has 0 saturated carbocycles. The highest BCUT2D eigenvalue weighted by atomic mass is 32.2. The van der Waals surface area contributed by atoms with Gasteiger partial charge in [-0.1, -0.05) is 6.07 Å². The van der Waals surface area contributed by atoms with Crippen LogP contribution in [-0.2, 0) is 14.6 Å². The maximum Gasteiger partial charge on any atom is 0.178 e. The van der Waals surface area contributed by atoms with Gasteiger partial charge in [-0.05, 0) is 43.4 Å². The Bertz CT molecular complexity index is 519. The highest BCUT2D eigenvalue weighted by Crippen LogP contribution is 2.25. The lowest BCUT2D eigenvalue weighted by molar-refractivity contribution is 0.0723. The van der Waals surface area contributed by atoms with E-state index < -0.39 is 9.84 Å². The minimum Gasteiger partial charge on any atom is -0.398 e. The summed E-state index contributed by atoms with van der Waals surface area (Å²) in [6, 6.07) is 5.06. The lowest BCUT2D eigenvalue weighted by Crippen LogP contribution is -2.24. The topological polar surface area (TPSA) is 69.4 Å². The highest BCUT2D eigenvalue weighted by Gasteiger charge is 2.24. The number of rotatable bonds is 3. The van der Waals surface area contributed by atoms with Crippen molar-refractivity contribution in [1.29, 1.82) is 0 Å². The molecule has 0 aliphatic carbocycles. The predicted octanol–water partition coefficient (Wildman–Crippen LogP) is 1.78. The fourth-order valence-corrected chi connectivity index (χ4v) is 4.29. The van der Waals surface area contributed by atoms with E-state index in [1.54, 1.807) is 25.1 Å². The molecule has 2 N–H and O–H groups in total. The van der Waals surface area contributed by atoms with E-state index in [4.69, 9.17) is 10.5 Å². The van der Waals surface area contributed by atoms with Crippen LogP contribution in [0.25, 0.3) is 0 Å². The Kier molecular flexibility index (Phi) is 3.92. The quantitative estimate of drug-likeness (QED) is 0.849. The first-order chi connectivity index (χ1) is 8.50. The van der Waals surface area contributed by atoms with Crippen LogP contribution >= 0.6 is 0 Å². The Hall–Kier alpha value is -1.07. The van der Waals surface area contributed by atoms with Gasteiger partial charge in [0.25, 0.3) is 0 Å². The molecule has 1 aliphatic rings. The minimum atomic E-state index is -3.25. The first kappa shape index (κ1) is 13.4. The summed E-state index contributed by atoms with van der Waals surface area (Å²) in [6.45, 7) is 3.08. The van der Waals surface area contributed by atoms with Crippen molar-refractivity contribution in [2.75, 3.05) is 24.7 Å². The van der Waals surface area contributed by atoms with E-state index in [-0.39, 0.29) is 11.7 Å². The van der Waals surface area contributed by atoms with Crippen LogP contribution in [0.15, 0.2) is 23.1 Å². The monoisotopic (exact) mass is 269 g/mol. The number of anilines is 1. The molecule has 1 aromatic rings. The van der Waals surface area contributed by atoms with Crippen LogP contribution in [0.2, 0.25) is 0 Å². The zero-order valence-corrected chi connectivity index (χ0v) is 11.4. The van der Waals surface area contributed by atoms with E-state index in [2.05, 4.69) is 0 Å². The number of nitrogens with two attached hydrogens (primary N) is 1. The second kappa shape index (κ2) is 5.28. The molecule has 0 amide bonds. The molecule has 1 aromatic carbocycles. The molecule has 2 rings (SSSR count). The van der Waals surface area contributed by atoms with E-state index in [0.717, 1.165) is 12.8 Å². The smallest absolute Gasteiger partial charge is 0.178 e. The van der Waals surface area contributed by atoms with Crippen LogP contribution in [0.5, 0.6) is 0 Å². The van der Waals surface area contributed by atoms with E-state index in [9.17, 15) is 8.42 Å². The predicted molar refractivity (Wildman–Crippen MR) is 71.2 cm³/mol. The van der Waals surface area contributed by atoms with Crippen LogP contribution in [0.4, 0.5) is 5.69 Å². The van der Waals surface area contributed by atoms with Gasteiger partial charge in [0.15, 0.2) is 9.84 Å². The van der Waals surface area contributed by atoms with Gasteiger partial charge in [-0.2, -0.15) is 0 Å². The maximum atomic E-state index is 12.4. The summed E-state index contributed by atoms with van der Waals surface area (Å²) >= 11 is 0. The standard InChI is InChI=1S/C13H19NO3S/c1-10-12(14)3-2-4-13(10)18(15,16)9-11-5-7-17-8-6-11/h2-4,11H,5-9,14H2,1H3. The van der Waals surface area contributed by atoms with Crippen LogP contribution in [0.1, 0.15) is 18.4 Å². The van der Waals surface area contributed by atoms with Gasteiger partial charge in [-0.15, -0.1) is 0 Å². The summed E-state index contributed by atoms with van der Waals surface area (Å²) in [7, 11) is -3.25. The molecular formula is C13H19NO3S. The highest BCUT2D eigenvalue weighted by molar-refractivity contribution is 7.91. The Labute approximate surface area is 108 Å². The molecule has 0 radical (unpaired) electrons. The molecule has 1 fully saturated rings. The van der Waals surface area contributed by atoms with Crippen molar-refractivity contribution in [2.24, 2.45) is 5.92 Å². The normalized spacial score (nSPS) is 17.8. The molecule has 1 saturated heterocycles. The average molecular weight is 269 g/mol. The SMILES string of the molecule is Cc1c(N)cccc1S(=O)(=O)CC1CCOCC1. The largest absolute Gasteiger partial charge is 0.398 e. The van der Waals surface area contributed by atoms with Crippen molar-refractivity contribution >= 4 is 15.5 Å². The van der Waals surface area contributed by atoms with E-state index in [1.165, 1.54) is 0 Å². The molecule has 4 nitrogen and oxygen atoms in total. The minimum absolute atomic E-state index is 0.195. The summed E-state index contributed by atoms with van der Waals surface area (Å²) < 4.78 is 30.0. The Morgan fingerprint density at radius 2 is 2.00 bits per heavy atom. The van der Waals surface area contributed by atoms with Crippen LogP contribution < -0.4 is 5.73 Å². The van der Waals surface area contributed by atoms with Gasteiger partial charge in [0.1, 0.15) is 0 Å². The van der Waals surface area contributed by atoms with Gasteiger partial charge >= 0.3 is 0 Å². The van der Waals surface area contributed by atoms with Crippen molar-refractivity contribution in [1.82, 2.24) is 0 Å². The van der Waals surface area contributed by atoms with E-state index in [1.807, 2.05) is 0 Å². The van der Waals surface area contributed by atoms with Crippen LogP contribution in [0, 0.1) is 12.8 Å². The number of hydrogen-bond donors (Lipinski definition) is 1. The summed E-state index contributed by atoms with van der Waals surface area (Å²) in [5.41, 5.74) is 6.95. The average Bonchev–Trinajstić information content (AvgIpc) is 2.33. The number of hydrogen-bond acceptors (Lipinski definition) is 4. The summed E-state index contributed by atoms with van der Waals surface area (Å²) in [6.07, 6.45) is 1.64. The molecule has 18 heavy (non-hydrogen) atoms. The molecule has 0 spiro atoms. The summed E-state index contributed by atoms with van der Waals surface area (Å²) in [5, 5.41) is 0. The first-order valence-electron chi connectivity index (χ1n) is 6.16. The molecule has 0 unspecified atom stereocenters. The van der Waals surface area contributed by atoms with Crippen LogP contribution in [-0.4, -0.2) is 27.4 Å². The molecule has 1 aliphatic heterocycles. The lowest BCUT2D eigenvalue weighted by Gasteiger charge is -2.22. The molecular weight excluding hydrogens is 250 g/mol. The third kappa shape index (κ3) is 2.84. The van der Waals surface area contributed by atoms with Crippen molar-refractivity contribution in [3.63, 3.8) is 0 Å². The molecule has 0 bridgehead atoms. The van der Waals surface area contributed by atoms with Gasteiger partial charge in [-0.25, -0.2) is 8.42 Å². The number of benzene rings is 1. The maximum absolute atomic E-state index is 12.4. The summed E-state index contributed by atoms with van der Waals surface area (Å²) in [5.74, 6) is 0.394. The third-order valence-corrected chi connectivity index (χ3v) is 5.48. The zero-order chi connectivity index (χ0) is 13.2. The molecule has 100 valence electrons. The molecule has 0 aromatic heterocycles. The Balaban J connectivity index is 2.22. The lowest BCUT2D eigenvalue weighted by atomic mass is 10.0. The van der Waals surface area contributed by atoms with E-state index in [0.29, 0.717) is 29.4 Å². The van der Waals surface area contributed by atoms with Gasteiger partial charge in [-0.3, -0.25) is 0 Å².